The van der Waals surface area contributed by atoms with Crippen molar-refractivity contribution in [2.45, 2.75) is 13.8 Å². The van der Waals surface area contributed by atoms with E-state index in [1.165, 1.54) is 12.1 Å². The highest BCUT2D eigenvalue weighted by Crippen LogP contribution is 2.17. The summed E-state index contributed by atoms with van der Waals surface area (Å²) in [4.78, 5) is 22.2. The molecule has 22 heavy (non-hydrogen) atoms. The Kier molecular flexibility index (Phi) is 6.36. The van der Waals surface area contributed by atoms with Crippen LogP contribution in [0.5, 0.6) is 5.75 Å². The Labute approximate surface area is 129 Å². The van der Waals surface area contributed by atoms with E-state index in [1.54, 1.807) is 26.0 Å². The van der Waals surface area contributed by atoms with Crippen molar-refractivity contribution in [1.29, 1.82) is 0 Å². The molecule has 0 spiro atoms. The lowest BCUT2D eigenvalue weighted by Gasteiger charge is -2.09. The van der Waals surface area contributed by atoms with Crippen LogP contribution in [0, 0.1) is 5.92 Å². The van der Waals surface area contributed by atoms with Gasteiger partial charge in [0, 0.05) is 11.8 Å². The number of anilines is 1. The first-order valence-corrected chi connectivity index (χ1v) is 8.45. The number of sulfone groups is 1. The van der Waals surface area contributed by atoms with Gasteiger partial charge in [0.05, 0.1) is 5.75 Å². The van der Waals surface area contributed by atoms with Crippen molar-refractivity contribution < 1.29 is 27.9 Å². The van der Waals surface area contributed by atoms with Crippen LogP contribution in [0.25, 0.3) is 0 Å². The number of aliphatic carboxylic acids is 1. The number of carboxylic acid groups (broad SMARTS) is 1. The Morgan fingerprint density at radius 2 is 2.00 bits per heavy atom. The second-order valence-electron chi connectivity index (χ2n) is 5.21. The van der Waals surface area contributed by atoms with E-state index in [4.69, 9.17) is 9.84 Å². The number of carbonyl (C=O) groups is 2. The van der Waals surface area contributed by atoms with Crippen LogP contribution in [0.1, 0.15) is 13.8 Å². The van der Waals surface area contributed by atoms with E-state index < -0.39 is 34.1 Å². The highest BCUT2D eigenvalue weighted by atomic mass is 32.2. The summed E-state index contributed by atoms with van der Waals surface area (Å²) in [7, 11) is -3.45. The fourth-order valence-electron chi connectivity index (χ4n) is 1.77. The largest absolute Gasteiger partial charge is 0.482 e. The van der Waals surface area contributed by atoms with Crippen molar-refractivity contribution in [1.82, 2.24) is 0 Å². The molecular weight excluding hydrogens is 310 g/mol. The van der Waals surface area contributed by atoms with Gasteiger partial charge in [0.1, 0.15) is 11.5 Å². The van der Waals surface area contributed by atoms with Crippen molar-refractivity contribution in [2.24, 2.45) is 5.92 Å². The SMILES string of the molecule is CC(C)CS(=O)(=O)CC(=O)Nc1cccc(OCC(=O)O)c1. The van der Waals surface area contributed by atoms with E-state index in [2.05, 4.69) is 5.32 Å². The molecule has 1 amide bonds. The van der Waals surface area contributed by atoms with Crippen LogP contribution in [-0.4, -0.2) is 43.5 Å². The van der Waals surface area contributed by atoms with Crippen LogP contribution in [0.15, 0.2) is 24.3 Å². The van der Waals surface area contributed by atoms with Crippen LogP contribution in [0.3, 0.4) is 0 Å². The fraction of sp³-hybridized carbons (Fsp3) is 0.429. The molecule has 0 aromatic heterocycles. The predicted molar refractivity (Wildman–Crippen MR) is 81.7 cm³/mol. The van der Waals surface area contributed by atoms with E-state index in [9.17, 15) is 18.0 Å². The number of benzene rings is 1. The molecule has 0 aliphatic heterocycles. The smallest absolute Gasteiger partial charge is 0.341 e. The van der Waals surface area contributed by atoms with Crippen molar-refractivity contribution >= 4 is 27.4 Å². The van der Waals surface area contributed by atoms with Crippen LogP contribution < -0.4 is 10.1 Å². The monoisotopic (exact) mass is 329 g/mol. The number of ether oxygens (including phenoxy) is 1. The highest BCUT2D eigenvalue weighted by Gasteiger charge is 2.18. The number of rotatable bonds is 8. The van der Waals surface area contributed by atoms with Crippen LogP contribution in [-0.2, 0) is 19.4 Å². The van der Waals surface area contributed by atoms with Crippen LogP contribution in [0.4, 0.5) is 5.69 Å². The Bertz CT molecular complexity index is 638. The molecule has 7 nitrogen and oxygen atoms in total. The summed E-state index contributed by atoms with van der Waals surface area (Å²) in [6.07, 6.45) is 0. The molecule has 2 N–H and O–H groups in total. The zero-order valence-electron chi connectivity index (χ0n) is 12.4. The summed E-state index contributed by atoms with van der Waals surface area (Å²) < 4.78 is 28.4. The molecule has 0 atom stereocenters. The summed E-state index contributed by atoms with van der Waals surface area (Å²) in [5.41, 5.74) is 0.340. The van der Waals surface area contributed by atoms with Gasteiger partial charge in [-0.05, 0) is 18.1 Å². The first-order valence-electron chi connectivity index (χ1n) is 6.63. The molecule has 0 saturated carbocycles. The minimum absolute atomic E-state index is 0.0504. The third-order valence-electron chi connectivity index (χ3n) is 2.42. The van der Waals surface area contributed by atoms with Crippen molar-refractivity contribution in [3.63, 3.8) is 0 Å². The second kappa shape index (κ2) is 7.79. The normalized spacial score (nSPS) is 11.2. The summed E-state index contributed by atoms with van der Waals surface area (Å²) in [5.74, 6) is -2.19. The van der Waals surface area contributed by atoms with Crippen molar-refractivity contribution in [2.75, 3.05) is 23.4 Å². The van der Waals surface area contributed by atoms with E-state index in [0.717, 1.165) is 0 Å². The van der Waals surface area contributed by atoms with Gasteiger partial charge in [0.15, 0.2) is 16.4 Å². The standard InChI is InChI=1S/C14H19NO6S/c1-10(2)8-22(19,20)9-13(16)15-11-4-3-5-12(6-11)21-7-14(17)18/h3-6,10H,7-9H2,1-2H3,(H,15,16)(H,17,18). The Balaban J connectivity index is 2.64. The number of hydrogen-bond donors (Lipinski definition) is 2. The lowest BCUT2D eigenvalue weighted by Crippen LogP contribution is -2.26. The molecule has 0 heterocycles. The van der Waals surface area contributed by atoms with Gasteiger partial charge in [-0.1, -0.05) is 19.9 Å². The third-order valence-corrected chi connectivity index (χ3v) is 4.29. The van der Waals surface area contributed by atoms with Crippen molar-refractivity contribution in [3.05, 3.63) is 24.3 Å². The summed E-state index contributed by atoms with van der Waals surface area (Å²) in [5, 5.41) is 11.0. The minimum Gasteiger partial charge on any atom is -0.482 e. The summed E-state index contributed by atoms with van der Waals surface area (Å²) in [6.45, 7) is 3.03. The molecule has 0 saturated heterocycles. The quantitative estimate of drug-likeness (QED) is 0.740. The van der Waals surface area contributed by atoms with Gasteiger partial charge < -0.3 is 15.2 Å². The lowest BCUT2D eigenvalue weighted by molar-refractivity contribution is -0.139. The molecule has 0 unspecified atom stereocenters. The molecule has 0 fully saturated rings. The number of hydrogen-bond acceptors (Lipinski definition) is 5. The van der Waals surface area contributed by atoms with E-state index in [0.29, 0.717) is 5.69 Å². The molecule has 0 aliphatic rings. The Morgan fingerprint density at radius 1 is 1.32 bits per heavy atom. The fourth-order valence-corrected chi connectivity index (χ4v) is 3.38. The average molecular weight is 329 g/mol. The average Bonchev–Trinajstić information content (AvgIpc) is 2.34. The summed E-state index contributed by atoms with van der Waals surface area (Å²) >= 11 is 0. The molecule has 1 aromatic carbocycles. The van der Waals surface area contributed by atoms with Crippen LogP contribution >= 0.6 is 0 Å². The first kappa shape index (κ1) is 18.0. The Morgan fingerprint density at radius 3 is 2.59 bits per heavy atom. The number of amides is 1. The first-order chi connectivity index (χ1) is 10.2. The zero-order valence-corrected chi connectivity index (χ0v) is 13.2. The molecular formula is C14H19NO6S. The Hall–Kier alpha value is -2.09. The predicted octanol–water partition coefficient (Wildman–Crippen LogP) is 1.16. The summed E-state index contributed by atoms with van der Waals surface area (Å²) in [6, 6.07) is 6.08. The maximum atomic E-state index is 11.8. The second-order valence-corrected chi connectivity index (χ2v) is 7.32. The molecule has 0 aliphatic carbocycles. The molecule has 1 aromatic rings. The van der Waals surface area contributed by atoms with Crippen LogP contribution in [0.2, 0.25) is 0 Å². The number of carboxylic acids is 1. The molecule has 122 valence electrons. The molecule has 1 rings (SSSR count). The van der Waals surface area contributed by atoms with E-state index in [1.807, 2.05) is 0 Å². The van der Waals surface area contributed by atoms with E-state index >= 15 is 0 Å². The van der Waals surface area contributed by atoms with Gasteiger partial charge in [0.2, 0.25) is 5.91 Å². The van der Waals surface area contributed by atoms with Gasteiger partial charge in [-0.25, -0.2) is 13.2 Å². The lowest BCUT2D eigenvalue weighted by atomic mass is 10.3. The minimum atomic E-state index is -3.45. The number of nitrogens with one attached hydrogen (secondary N) is 1. The van der Waals surface area contributed by atoms with Gasteiger partial charge >= 0.3 is 5.97 Å². The van der Waals surface area contributed by atoms with E-state index in [-0.39, 0.29) is 17.4 Å². The van der Waals surface area contributed by atoms with Gasteiger partial charge in [-0.15, -0.1) is 0 Å². The molecule has 8 heteroatoms. The maximum Gasteiger partial charge on any atom is 0.341 e. The highest BCUT2D eigenvalue weighted by molar-refractivity contribution is 7.92. The maximum absolute atomic E-state index is 11.8. The van der Waals surface area contributed by atoms with Gasteiger partial charge in [0.25, 0.3) is 0 Å². The topological polar surface area (TPSA) is 110 Å². The third kappa shape index (κ3) is 7.07. The van der Waals surface area contributed by atoms with Gasteiger partial charge in [-0.2, -0.15) is 0 Å². The molecule has 0 radical (unpaired) electrons. The van der Waals surface area contributed by atoms with Gasteiger partial charge in [-0.3, -0.25) is 4.79 Å². The number of carbonyl (C=O) groups excluding carboxylic acids is 1. The van der Waals surface area contributed by atoms with Crippen molar-refractivity contribution in [3.8, 4) is 5.75 Å². The molecule has 0 bridgehead atoms. The zero-order chi connectivity index (χ0) is 16.8.